The molecule has 0 unspecified atom stereocenters. The van der Waals surface area contributed by atoms with Gasteiger partial charge < -0.3 is 4.74 Å². The first-order valence-corrected chi connectivity index (χ1v) is 7.60. The molecule has 118 valence electrons. The van der Waals surface area contributed by atoms with Gasteiger partial charge in [-0.3, -0.25) is 4.57 Å². The Morgan fingerprint density at radius 1 is 1.22 bits per heavy atom. The molecule has 1 N–H and O–H groups in total. The van der Waals surface area contributed by atoms with Gasteiger partial charge in [0.15, 0.2) is 0 Å². The molecular weight excluding hydrogens is 337 g/mol. The number of rotatable bonds is 4. The van der Waals surface area contributed by atoms with Crippen LogP contribution in [0.2, 0.25) is 10.0 Å². The number of hydrogen-bond donors (Lipinski definition) is 1. The maximum absolute atomic E-state index is 11.4. The van der Waals surface area contributed by atoms with Crippen LogP contribution in [0.4, 0.5) is 0 Å². The minimum Gasteiger partial charge on any atom is -0.456 e. The van der Waals surface area contributed by atoms with Crippen molar-refractivity contribution in [3.05, 3.63) is 74.4 Å². The second kappa shape index (κ2) is 6.48. The molecule has 0 spiro atoms. The minimum atomic E-state index is -0.246. The van der Waals surface area contributed by atoms with Crippen LogP contribution in [0.1, 0.15) is 11.4 Å². The van der Waals surface area contributed by atoms with E-state index >= 15 is 0 Å². The first kappa shape index (κ1) is 15.6. The molecule has 0 amide bonds. The van der Waals surface area contributed by atoms with Crippen molar-refractivity contribution >= 4 is 23.2 Å². The quantitative estimate of drug-likeness (QED) is 0.779. The highest BCUT2D eigenvalue weighted by molar-refractivity contribution is 6.32. The SMILES string of the molecule is Cn1c(Cc2ccc(Cl)c(Oc3cccc(Cl)c3)c2)n[nH]c1=O. The van der Waals surface area contributed by atoms with E-state index < -0.39 is 0 Å². The van der Waals surface area contributed by atoms with Gasteiger partial charge in [0.1, 0.15) is 17.3 Å². The van der Waals surface area contributed by atoms with Crippen LogP contribution in [-0.4, -0.2) is 14.8 Å². The van der Waals surface area contributed by atoms with Gasteiger partial charge in [-0.1, -0.05) is 35.3 Å². The maximum Gasteiger partial charge on any atom is 0.343 e. The van der Waals surface area contributed by atoms with Crippen molar-refractivity contribution in [2.75, 3.05) is 0 Å². The monoisotopic (exact) mass is 349 g/mol. The molecule has 5 nitrogen and oxygen atoms in total. The van der Waals surface area contributed by atoms with Crippen molar-refractivity contribution in [1.29, 1.82) is 0 Å². The normalized spacial score (nSPS) is 10.7. The Labute approximate surface area is 142 Å². The Morgan fingerprint density at radius 2 is 2.04 bits per heavy atom. The van der Waals surface area contributed by atoms with E-state index in [1.54, 1.807) is 37.4 Å². The van der Waals surface area contributed by atoms with Crippen LogP contribution in [-0.2, 0) is 13.5 Å². The Hall–Kier alpha value is -2.24. The van der Waals surface area contributed by atoms with Crippen molar-refractivity contribution in [1.82, 2.24) is 14.8 Å². The number of aromatic nitrogens is 3. The van der Waals surface area contributed by atoms with Gasteiger partial charge in [0.25, 0.3) is 0 Å². The van der Waals surface area contributed by atoms with Gasteiger partial charge in [-0.25, -0.2) is 9.89 Å². The Bertz CT molecular complexity index is 902. The van der Waals surface area contributed by atoms with Gasteiger partial charge in [0.05, 0.1) is 5.02 Å². The van der Waals surface area contributed by atoms with Crippen LogP contribution >= 0.6 is 23.2 Å². The molecule has 0 fully saturated rings. The molecule has 0 radical (unpaired) electrons. The molecule has 0 bridgehead atoms. The summed E-state index contributed by atoms with van der Waals surface area (Å²) in [5.74, 6) is 1.75. The molecule has 0 aliphatic carbocycles. The van der Waals surface area contributed by atoms with Crippen molar-refractivity contribution < 1.29 is 4.74 Å². The van der Waals surface area contributed by atoms with Gasteiger partial charge in [-0.05, 0) is 35.9 Å². The average Bonchev–Trinajstić information content (AvgIpc) is 2.83. The molecule has 0 saturated carbocycles. The third-order valence-corrected chi connectivity index (χ3v) is 3.90. The van der Waals surface area contributed by atoms with Gasteiger partial charge in [-0.15, -0.1) is 0 Å². The fraction of sp³-hybridized carbons (Fsp3) is 0.125. The average molecular weight is 350 g/mol. The van der Waals surface area contributed by atoms with Crippen LogP contribution in [0, 0.1) is 0 Å². The summed E-state index contributed by atoms with van der Waals surface area (Å²) in [6.07, 6.45) is 0.484. The zero-order valence-corrected chi connectivity index (χ0v) is 13.7. The molecule has 7 heteroatoms. The van der Waals surface area contributed by atoms with Gasteiger partial charge in [-0.2, -0.15) is 5.10 Å². The standard InChI is InChI=1S/C16H13Cl2N3O2/c1-21-15(19-20-16(21)22)8-10-5-6-13(18)14(7-10)23-12-4-2-3-11(17)9-12/h2-7,9H,8H2,1H3,(H,20,22). The number of nitrogens with one attached hydrogen (secondary N) is 1. The van der Waals surface area contributed by atoms with E-state index in [1.807, 2.05) is 12.1 Å². The number of ether oxygens (including phenoxy) is 1. The van der Waals surface area contributed by atoms with Crippen LogP contribution in [0.25, 0.3) is 0 Å². The van der Waals surface area contributed by atoms with E-state index in [-0.39, 0.29) is 5.69 Å². The predicted octanol–water partition coefficient (Wildman–Crippen LogP) is 3.80. The largest absolute Gasteiger partial charge is 0.456 e. The molecule has 3 aromatic rings. The fourth-order valence-electron chi connectivity index (χ4n) is 2.11. The molecule has 1 aromatic heterocycles. The first-order chi connectivity index (χ1) is 11.0. The first-order valence-electron chi connectivity index (χ1n) is 6.85. The number of benzene rings is 2. The highest BCUT2D eigenvalue weighted by atomic mass is 35.5. The summed E-state index contributed by atoms with van der Waals surface area (Å²) in [5, 5.41) is 7.48. The molecule has 3 rings (SSSR count). The van der Waals surface area contributed by atoms with Crippen molar-refractivity contribution in [2.24, 2.45) is 7.05 Å². The lowest BCUT2D eigenvalue weighted by molar-refractivity contribution is 0.482. The van der Waals surface area contributed by atoms with Crippen LogP contribution in [0.5, 0.6) is 11.5 Å². The molecule has 0 saturated heterocycles. The highest BCUT2D eigenvalue weighted by Crippen LogP contribution is 2.31. The van der Waals surface area contributed by atoms with E-state index in [4.69, 9.17) is 27.9 Å². The number of halogens is 2. The number of H-pyrrole nitrogens is 1. The Morgan fingerprint density at radius 3 is 2.74 bits per heavy atom. The summed E-state index contributed by atoms with van der Waals surface area (Å²) in [4.78, 5) is 11.4. The maximum atomic E-state index is 11.4. The van der Waals surface area contributed by atoms with E-state index in [1.165, 1.54) is 4.57 Å². The zero-order valence-electron chi connectivity index (χ0n) is 12.2. The van der Waals surface area contributed by atoms with Gasteiger partial charge in [0.2, 0.25) is 0 Å². The topological polar surface area (TPSA) is 59.9 Å². The second-order valence-electron chi connectivity index (χ2n) is 5.00. The molecule has 2 aromatic carbocycles. The van der Waals surface area contributed by atoms with Crippen molar-refractivity contribution in [2.45, 2.75) is 6.42 Å². The van der Waals surface area contributed by atoms with E-state index in [0.29, 0.717) is 33.8 Å². The number of aromatic amines is 1. The number of hydrogen-bond acceptors (Lipinski definition) is 3. The Kier molecular flexibility index (Phi) is 4.41. The smallest absolute Gasteiger partial charge is 0.343 e. The summed E-state index contributed by atoms with van der Waals surface area (Å²) in [6, 6.07) is 12.5. The summed E-state index contributed by atoms with van der Waals surface area (Å²) in [6.45, 7) is 0. The summed E-state index contributed by atoms with van der Waals surface area (Å²) in [7, 11) is 1.67. The number of nitrogens with zero attached hydrogens (tertiary/aromatic N) is 2. The molecule has 0 atom stereocenters. The van der Waals surface area contributed by atoms with E-state index in [9.17, 15) is 4.79 Å². The fourth-order valence-corrected chi connectivity index (χ4v) is 2.45. The third-order valence-electron chi connectivity index (χ3n) is 3.35. The van der Waals surface area contributed by atoms with Crippen molar-refractivity contribution in [3.63, 3.8) is 0 Å². The summed E-state index contributed by atoms with van der Waals surface area (Å²) >= 11 is 12.1. The predicted molar refractivity (Wildman–Crippen MR) is 89.6 cm³/mol. The van der Waals surface area contributed by atoms with Crippen LogP contribution < -0.4 is 10.4 Å². The lowest BCUT2D eigenvalue weighted by Crippen LogP contribution is -2.14. The van der Waals surface area contributed by atoms with Crippen LogP contribution in [0.3, 0.4) is 0 Å². The van der Waals surface area contributed by atoms with Crippen molar-refractivity contribution in [3.8, 4) is 11.5 Å². The zero-order chi connectivity index (χ0) is 16.4. The molecule has 0 aliphatic heterocycles. The van der Waals surface area contributed by atoms with Gasteiger partial charge in [0, 0.05) is 18.5 Å². The highest BCUT2D eigenvalue weighted by Gasteiger charge is 2.09. The third kappa shape index (κ3) is 3.57. The molecule has 0 aliphatic rings. The lowest BCUT2D eigenvalue weighted by atomic mass is 10.1. The van der Waals surface area contributed by atoms with Gasteiger partial charge >= 0.3 is 5.69 Å². The molecule has 1 heterocycles. The lowest BCUT2D eigenvalue weighted by Gasteiger charge is -2.10. The summed E-state index contributed by atoms with van der Waals surface area (Å²) in [5.41, 5.74) is 0.679. The van der Waals surface area contributed by atoms with Crippen LogP contribution in [0.15, 0.2) is 47.3 Å². The molecular formula is C16H13Cl2N3O2. The minimum absolute atomic E-state index is 0.246. The van der Waals surface area contributed by atoms with E-state index in [2.05, 4.69) is 10.2 Å². The second-order valence-corrected chi connectivity index (χ2v) is 5.85. The summed E-state index contributed by atoms with van der Waals surface area (Å²) < 4.78 is 7.26. The Balaban J connectivity index is 1.87. The molecule has 23 heavy (non-hydrogen) atoms. The van der Waals surface area contributed by atoms with E-state index in [0.717, 1.165) is 5.56 Å².